The molecule has 0 radical (unpaired) electrons. The van der Waals surface area contributed by atoms with Gasteiger partial charge in [0.05, 0.1) is 6.61 Å². The average Bonchev–Trinajstić information content (AvgIpc) is 2.65. The lowest BCUT2D eigenvalue weighted by Gasteiger charge is -1.98. The van der Waals surface area contributed by atoms with E-state index in [0.29, 0.717) is 12.5 Å². The lowest BCUT2D eigenvalue weighted by molar-refractivity contribution is 0.0683. The third-order valence-corrected chi connectivity index (χ3v) is 2.90. The third kappa shape index (κ3) is 1.77. The minimum Gasteiger partial charge on any atom is -0.476 e. The molecule has 1 aliphatic carbocycles. The van der Waals surface area contributed by atoms with E-state index in [9.17, 15) is 4.79 Å². The molecule has 0 saturated heterocycles. The highest BCUT2D eigenvalue weighted by atomic mass is 16.6. The molecular formula is C11H15NO4. The van der Waals surface area contributed by atoms with Gasteiger partial charge in [-0.25, -0.2) is 9.78 Å². The van der Waals surface area contributed by atoms with Crippen LogP contribution in [0.15, 0.2) is 4.42 Å². The number of rotatable bonds is 4. The molecular weight excluding hydrogens is 210 g/mol. The molecule has 1 heterocycles. The zero-order valence-corrected chi connectivity index (χ0v) is 9.61. The summed E-state index contributed by atoms with van der Waals surface area (Å²) >= 11 is 0. The van der Waals surface area contributed by atoms with Crippen molar-refractivity contribution in [3.05, 3.63) is 11.6 Å². The topological polar surface area (TPSA) is 72.6 Å². The molecule has 0 spiro atoms. The van der Waals surface area contributed by atoms with E-state index in [4.69, 9.17) is 14.3 Å². The molecule has 1 atom stereocenters. The Balaban J connectivity index is 2.29. The molecule has 1 aromatic heterocycles. The molecule has 5 nitrogen and oxygen atoms in total. The number of carboxylic acids is 1. The van der Waals surface area contributed by atoms with Gasteiger partial charge in [-0.2, -0.15) is 0 Å². The molecule has 16 heavy (non-hydrogen) atoms. The Bertz CT molecular complexity index is 422. The fraction of sp³-hybridized carbons (Fsp3) is 0.636. The number of carboxylic acid groups (broad SMARTS) is 1. The second-order valence-electron chi connectivity index (χ2n) is 4.67. The number of nitrogens with zero attached hydrogens (tertiary/aromatic N) is 1. The minimum atomic E-state index is -1.11. The molecule has 0 amide bonds. The minimum absolute atomic E-state index is 0.0210. The molecule has 0 bridgehead atoms. The lowest BCUT2D eigenvalue weighted by atomic mass is 10.1. The molecule has 0 aliphatic heterocycles. The van der Waals surface area contributed by atoms with Crippen LogP contribution in [0.2, 0.25) is 0 Å². The van der Waals surface area contributed by atoms with Gasteiger partial charge in [-0.05, 0) is 18.8 Å². The normalized spacial score (nSPS) is 21.8. The standard InChI is InChI=1S/C11H15NO4/c1-4-15-10-7(9(13)14)12-8(16-10)6-5-11(6,2)3/h6H,4-5H2,1-3H3,(H,13,14). The summed E-state index contributed by atoms with van der Waals surface area (Å²) in [5.41, 5.74) is 0.0314. The lowest BCUT2D eigenvalue weighted by Crippen LogP contribution is -2.01. The van der Waals surface area contributed by atoms with Crippen molar-refractivity contribution in [2.45, 2.75) is 33.1 Å². The Morgan fingerprint density at radius 1 is 1.69 bits per heavy atom. The maximum Gasteiger partial charge on any atom is 0.362 e. The van der Waals surface area contributed by atoms with E-state index in [0.717, 1.165) is 6.42 Å². The number of hydrogen-bond donors (Lipinski definition) is 1. The van der Waals surface area contributed by atoms with Crippen molar-refractivity contribution >= 4 is 5.97 Å². The number of ether oxygens (including phenoxy) is 1. The largest absolute Gasteiger partial charge is 0.476 e. The Morgan fingerprint density at radius 3 is 2.75 bits per heavy atom. The van der Waals surface area contributed by atoms with Crippen LogP contribution in [0.1, 0.15) is 49.5 Å². The number of carbonyl (C=O) groups is 1. The highest BCUT2D eigenvalue weighted by molar-refractivity contribution is 5.87. The van der Waals surface area contributed by atoms with E-state index in [1.54, 1.807) is 6.92 Å². The summed E-state index contributed by atoms with van der Waals surface area (Å²) in [6.07, 6.45) is 0.970. The Morgan fingerprint density at radius 2 is 2.31 bits per heavy atom. The first-order valence-electron chi connectivity index (χ1n) is 5.32. The molecule has 0 aromatic carbocycles. The number of aromatic carboxylic acids is 1. The van der Waals surface area contributed by atoms with Crippen molar-refractivity contribution in [3.8, 4) is 5.95 Å². The van der Waals surface area contributed by atoms with E-state index in [-0.39, 0.29) is 23.0 Å². The summed E-state index contributed by atoms with van der Waals surface area (Å²) in [7, 11) is 0. The van der Waals surface area contributed by atoms with Crippen LogP contribution >= 0.6 is 0 Å². The van der Waals surface area contributed by atoms with Gasteiger partial charge in [-0.1, -0.05) is 13.8 Å². The molecule has 1 N–H and O–H groups in total. The van der Waals surface area contributed by atoms with Crippen LogP contribution in [0.5, 0.6) is 5.95 Å². The first kappa shape index (κ1) is 11.0. The maximum absolute atomic E-state index is 10.9. The Labute approximate surface area is 93.4 Å². The highest BCUT2D eigenvalue weighted by Crippen LogP contribution is 2.58. The zero-order valence-electron chi connectivity index (χ0n) is 9.61. The van der Waals surface area contributed by atoms with Crippen LogP contribution in [0.25, 0.3) is 0 Å². The second kappa shape index (κ2) is 3.50. The number of aromatic nitrogens is 1. The summed E-state index contributed by atoms with van der Waals surface area (Å²) in [4.78, 5) is 14.9. The predicted molar refractivity (Wildman–Crippen MR) is 55.8 cm³/mol. The van der Waals surface area contributed by atoms with Gasteiger partial charge in [0.2, 0.25) is 11.6 Å². The summed E-state index contributed by atoms with van der Waals surface area (Å²) in [5, 5.41) is 8.94. The van der Waals surface area contributed by atoms with Crippen molar-refractivity contribution in [2.75, 3.05) is 6.61 Å². The van der Waals surface area contributed by atoms with Gasteiger partial charge < -0.3 is 14.3 Å². The zero-order chi connectivity index (χ0) is 11.9. The van der Waals surface area contributed by atoms with E-state index in [1.807, 2.05) is 0 Å². The fourth-order valence-electron chi connectivity index (χ4n) is 1.72. The Kier molecular flexibility index (Phi) is 2.40. The summed E-state index contributed by atoms with van der Waals surface area (Å²) in [6, 6.07) is 0. The van der Waals surface area contributed by atoms with Gasteiger partial charge in [0.1, 0.15) is 0 Å². The number of oxazole rings is 1. The third-order valence-electron chi connectivity index (χ3n) is 2.90. The van der Waals surface area contributed by atoms with Crippen LogP contribution in [0.3, 0.4) is 0 Å². The average molecular weight is 225 g/mol. The molecule has 1 saturated carbocycles. The van der Waals surface area contributed by atoms with Crippen molar-refractivity contribution in [3.63, 3.8) is 0 Å². The molecule has 1 unspecified atom stereocenters. The molecule has 5 heteroatoms. The van der Waals surface area contributed by atoms with Crippen LogP contribution in [0.4, 0.5) is 0 Å². The molecule has 2 rings (SSSR count). The van der Waals surface area contributed by atoms with Crippen LogP contribution in [-0.2, 0) is 0 Å². The quantitative estimate of drug-likeness (QED) is 0.851. The van der Waals surface area contributed by atoms with Crippen LogP contribution < -0.4 is 4.74 Å². The maximum atomic E-state index is 10.9. The van der Waals surface area contributed by atoms with E-state index in [1.165, 1.54) is 0 Å². The van der Waals surface area contributed by atoms with Crippen LogP contribution in [-0.4, -0.2) is 22.7 Å². The smallest absolute Gasteiger partial charge is 0.362 e. The summed E-state index contributed by atoms with van der Waals surface area (Å²) in [6.45, 7) is 6.34. The SMILES string of the molecule is CCOc1oc(C2CC2(C)C)nc1C(=O)O. The predicted octanol–water partition coefficient (Wildman–Crippen LogP) is 2.28. The molecule has 88 valence electrons. The molecule has 1 aliphatic rings. The monoisotopic (exact) mass is 225 g/mol. The van der Waals surface area contributed by atoms with Gasteiger partial charge in [-0.15, -0.1) is 0 Å². The van der Waals surface area contributed by atoms with Gasteiger partial charge in [0.25, 0.3) is 0 Å². The highest BCUT2D eigenvalue weighted by Gasteiger charge is 2.50. The first-order valence-corrected chi connectivity index (χ1v) is 5.32. The molecule has 1 fully saturated rings. The van der Waals surface area contributed by atoms with E-state index >= 15 is 0 Å². The Hall–Kier alpha value is -1.52. The second-order valence-corrected chi connectivity index (χ2v) is 4.67. The number of hydrogen-bond acceptors (Lipinski definition) is 4. The van der Waals surface area contributed by atoms with Gasteiger partial charge in [0, 0.05) is 5.92 Å². The first-order chi connectivity index (χ1) is 7.45. The summed E-state index contributed by atoms with van der Waals surface area (Å²) < 4.78 is 10.5. The van der Waals surface area contributed by atoms with Crippen molar-refractivity contribution in [1.82, 2.24) is 4.98 Å². The van der Waals surface area contributed by atoms with Gasteiger partial charge >= 0.3 is 11.9 Å². The fourth-order valence-corrected chi connectivity index (χ4v) is 1.72. The van der Waals surface area contributed by atoms with E-state index < -0.39 is 5.97 Å². The summed E-state index contributed by atoms with van der Waals surface area (Å²) in [5.74, 6) is -0.407. The van der Waals surface area contributed by atoms with Crippen molar-refractivity contribution in [1.29, 1.82) is 0 Å². The van der Waals surface area contributed by atoms with Crippen molar-refractivity contribution < 1.29 is 19.1 Å². The molecule has 1 aromatic rings. The van der Waals surface area contributed by atoms with Crippen molar-refractivity contribution in [2.24, 2.45) is 5.41 Å². The van der Waals surface area contributed by atoms with Gasteiger partial charge in [-0.3, -0.25) is 0 Å². The van der Waals surface area contributed by atoms with Crippen LogP contribution in [0, 0.1) is 5.41 Å². The van der Waals surface area contributed by atoms with Gasteiger partial charge in [0.15, 0.2) is 0 Å². The van der Waals surface area contributed by atoms with E-state index in [2.05, 4.69) is 18.8 Å².